The third kappa shape index (κ3) is 4.00. The van der Waals surface area contributed by atoms with Crippen molar-refractivity contribution in [1.29, 1.82) is 0 Å². The van der Waals surface area contributed by atoms with E-state index in [9.17, 15) is 9.59 Å². The number of hydrogen-bond acceptors (Lipinski definition) is 4. The zero-order valence-corrected chi connectivity index (χ0v) is 10.9. The summed E-state index contributed by atoms with van der Waals surface area (Å²) in [7, 11) is 0. The second-order valence-electron chi connectivity index (χ2n) is 5.36. The SMILES string of the molecule is CC(C)(C)OC(=O)N1CCCCC1C(=O)CN. The fourth-order valence-corrected chi connectivity index (χ4v) is 1.94. The van der Waals surface area contributed by atoms with Crippen LogP contribution in [-0.4, -0.2) is 41.5 Å². The van der Waals surface area contributed by atoms with Gasteiger partial charge in [-0.2, -0.15) is 0 Å². The van der Waals surface area contributed by atoms with Crippen LogP contribution in [0.25, 0.3) is 0 Å². The number of ether oxygens (including phenoxy) is 1. The number of likely N-dealkylation sites (tertiary alicyclic amines) is 1. The molecule has 1 unspecified atom stereocenters. The Labute approximate surface area is 102 Å². The number of amides is 1. The molecule has 1 saturated heterocycles. The molecule has 0 aromatic carbocycles. The molecule has 5 heteroatoms. The first-order valence-electron chi connectivity index (χ1n) is 6.07. The van der Waals surface area contributed by atoms with Crippen molar-refractivity contribution in [3.8, 4) is 0 Å². The number of carbonyl (C=O) groups is 2. The first kappa shape index (κ1) is 14.0. The maximum absolute atomic E-state index is 12.0. The van der Waals surface area contributed by atoms with E-state index in [0.29, 0.717) is 13.0 Å². The van der Waals surface area contributed by atoms with Gasteiger partial charge in [-0.3, -0.25) is 9.69 Å². The molecular formula is C12H22N2O3. The van der Waals surface area contributed by atoms with Crippen LogP contribution in [0, 0.1) is 0 Å². The van der Waals surface area contributed by atoms with Crippen LogP contribution in [0.4, 0.5) is 4.79 Å². The van der Waals surface area contributed by atoms with Crippen LogP contribution >= 0.6 is 0 Å². The molecule has 0 spiro atoms. The maximum Gasteiger partial charge on any atom is 0.410 e. The Kier molecular flexibility index (Phi) is 4.51. The number of nitrogens with two attached hydrogens (primary N) is 1. The van der Waals surface area contributed by atoms with Gasteiger partial charge >= 0.3 is 6.09 Å². The molecule has 1 rings (SSSR count). The molecule has 0 aliphatic carbocycles. The number of carbonyl (C=O) groups excluding carboxylic acids is 2. The molecule has 2 N–H and O–H groups in total. The lowest BCUT2D eigenvalue weighted by Gasteiger charge is -2.35. The van der Waals surface area contributed by atoms with Crippen molar-refractivity contribution >= 4 is 11.9 Å². The van der Waals surface area contributed by atoms with Gasteiger partial charge in [0.05, 0.1) is 12.6 Å². The summed E-state index contributed by atoms with van der Waals surface area (Å²) in [5, 5.41) is 0. The minimum atomic E-state index is -0.537. The molecule has 1 atom stereocenters. The van der Waals surface area contributed by atoms with E-state index in [1.54, 1.807) is 0 Å². The number of piperidine rings is 1. The van der Waals surface area contributed by atoms with Gasteiger partial charge in [0.25, 0.3) is 0 Å². The number of hydrogen-bond donors (Lipinski definition) is 1. The summed E-state index contributed by atoms with van der Waals surface area (Å²) in [4.78, 5) is 25.1. The quantitative estimate of drug-likeness (QED) is 0.792. The van der Waals surface area contributed by atoms with E-state index >= 15 is 0 Å². The molecule has 5 nitrogen and oxygen atoms in total. The molecule has 0 aromatic heterocycles. The van der Waals surface area contributed by atoms with Crippen molar-refractivity contribution in [2.45, 2.75) is 51.7 Å². The van der Waals surface area contributed by atoms with Gasteiger partial charge in [-0.25, -0.2) is 4.79 Å². The molecule has 1 heterocycles. The number of ketones is 1. The molecule has 1 amide bonds. The predicted molar refractivity (Wildman–Crippen MR) is 64.6 cm³/mol. The van der Waals surface area contributed by atoms with Crippen LogP contribution in [0.3, 0.4) is 0 Å². The average molecular weight is 242 g/mol. The lowest BCUT2D eigenvalue weighted by Crippen LogP contribution is -2.51. The summed E-state index contributed by atoms with van der Waals surface area (Å²) in [6.07, 6.45) is 2.14. The minimum Gasteiger partial charge on any atom is -0.444 e. The van der Waals surface area contributed by atoms with E-state index in [2.05, 4.69) is 0 Å². The second kappa shape index (κ2) is 5.49. The Morgan fingerprint density at radius 1 is 1.35 bits per heavy atom. The standard InChI is InChI=1S/C12H22N2O3/c1-12(2,3)17-11(16)14-7-5-4-6-9(14)10(15)8-13/h9H,4-8,13H2,1-3H3. The van der Waals surface area contributed by atoms with Gasteiger partial charge in [-0.15, -0.1) is 0 Å². The Hall–Kier alpha value is -1.10. The van der Waals surface area contributed by atoms with E-state index in [1.807, 2.05) is 20.8 Å². The summed E-state index contributed by atoms with van der Waals surface area (Å²) >= 11 is 0. The minimum absolute atomic E-state index is 0.0238. The highest BCUT2D eigenvalue weighted by Gasteiger charge is 2.33. The van der Waals surface area contributed by atoms with Gasteiger partial charge in [0, 0.05) is 6.54 Å². The summed E-state index contributed by atoms with van der Waals surface area (Å²) in [5.41, 5.74) is 4.83. The number of nitrogens with zero attached hydrogens (tertiary/aromatic N) is 1. The summed E-state index contributed by atoms with van der Waals surface area (Å²) in [5.74, 6) is -0.0874. The van der Waals surface area contributed by atoms with Crippen molar-refractivity contribution in [3.63, 3.8) is 0 Å². The zero-order valence-electron chi connectivity index (χ0n) is 10.9. The highest BCUT2D eigenvalue weighted by Crippen LogP contribution is 2.20. The second-order valence-corrected chi connectivity index (χ2v) is 5.36. The number of Topliss-reactive ketones (excluding diaryl/α,β-unsaturated/α-hetero) is 1. The third-order valence-electron chi connectivity index (χ3n) is 2.70. The monoisotopic (exact) mass is 242 g/mol. The van der Waals surface area contributed by atoms with Crippen molar-refractivity contribution in [2.75, 3.05) is 13.1 Å². The Bertz CT molecular complexity index is 297. The molecule has 1 fully saturated rings. The fourth-order valence-electron chi connectivity index (χ4n) is 1.94. The van der Waals surface area contributed by atoms with Crippen molar-refractivity contribution in [1.82, 2.24) is 4.90 Å². The van der Waals surface area contributed by atoms with Gasteiger partial charge in [-0.05, 0) is 40.0 Å². The third-order valence-corrected chi connectivity index (χ3v) is 2.70. The first-order valence-corrected chi connectivity index (χ1v) is 6.07. The first-order chi connectivity index (χ1) is 7.85. The predicted octanol–water partition coefficient (Wildman–Crippen LogP) is 1.30. The highest BCUT2D eigenvalue weighted by molar-refractivity contribution is 5.89. The van der Waals surface area contributed by atoms with E-state index in [0.717, 1.165) is 12.8 Å². The smallest absolute Gasteiger partial charge is 0.410 e. The molecule has 0 aromatic rings. The van der Waals surface area contributed by atoms with E-state index < -0.39 is 17.7 Å². The van der Waals surface area contributed by atoms with Gasteiger partial charge in [0.2, 0.25) is 0 Å². The van der Waals surface area contributed by atoms with Crippen LogP contribution < -0.4 is 5.73 Å². The van der Waals surface area contributed by atoms with Crippen LogP contribution in [0.15, 0.2) is 0 Å². The van der Waals surface area contributed by atoms with Crippen LogP contribution in [0.1, 0.15) is 40.0 Å². The lowest BCUT2D eigenvalue weighted by molar-refractivity contribution is -0.124. The highest BCUT2D eigenvalue weighted by atomic mass is 16.6. The van der Waals surface area contributed by atoms with Gasteiger partial charge in [-0.1, -0.05) is 0 Å². The zero-order chi connectivity index (χ0) is 13.1. The normalized spacial score (nSPS) is 21.2. The van der Waals surface area contributed by atoms with Crippen LogP contribution in [0.5, 0.6) is 0 Å². The van der Waals surface area contributed by atoms with E-state index in [4.69, 9.17) is 10.5 Å². The maximum atomic E-state index is 12.0. The molecule has 17 heavy (non-hydrogen) atoms. The molecule has 0 bridgehead atoms. The topological polar surface area (TPSA) is 72.6 Å². The van der Waals surface area contributed by atoms with Gasteiger partial charge in [0.1, 0.15) is 5.60 Å². The Morgan fingerprint density at radius 2 is 2.00 bits per heavy atom. The molecule has 98 valence electrons. The van der Waals surface area contributed by atoms with Gasteiger partial charge < -0.3 is 10.5 Å². The van der Waals surface area contributed by atoms with Gasteiger partial charge in [0.15, 0.2) is 5.78 Å². The molecule has 0 radical (unpaired) electrons. The summed E-state index contributed by atoms with van der Waals surface area (Å²) in [6, 6.07) is -0.399. The van der Waals surface area contributed by atoms with Crippen molar-refractivity contribution in [2.24, 2.45) is 5.73 Å². The molecular weight excluding hydrogens is 220 g/mol. The largest absolute Gasteiger partial charge is 0.444 e. The van der Waals surface area contributed by atoms with Crippen molar-refractivity contribution < 1.29 is 14.3 Å². The van der Waals surface area contributed by atoms with E-state index in [1.165, 1.54) is 4.90 Å². The Balaban J connectivity index is 2.71. The van der Waals surface area contributed by atoms with Crippen molar-refractivity contribution in [3.05, 3.63) is 0 Å². The summed E-state index contributed by atoms with van der Waals surface area (Å²) in [6.45, 7) is 5.99. The fraction of sp³-hybridized carbons (Fsp3) is 0.833. The Morgan fingerprint density at radius 3 is 2.53 bits per heavy atom. The van der Waals surface area contributed by atoms with Crippen LogP contribution in [-0.2, 0) is 9.53 Å². The number of rotatable bonds is 2. The average Bonchev–Trinajstić information content (AvgIpc) is 2.25. The van der Waals surface area contributed by atoms with E-state index in [-0.39, 0.29) is 12.3 Å². The molecule has 0 saturated carbocycles. The lowest BCUT2D eigenvalue weighted by atomic mass is 9.99. The molecule has 1 aliphatic rings. The summed E-state index contributed by atoms with van der Waals surface area (Å²) < 4.78 is 5.30. The molecule has 1 aliphatic heterocycles. The van der Waals surface area contributed by atoms with Crippen LogP contribution in [0.2, 0.25) is 0 Å².